The van der Waals surface area contributed by atoms with Crippen LogP contribution in [-0.2, 0) is 16.1 Å². The van der Waals surface area contributed by atoms with Gasteiger partial charge >= 0.3 is 0 Å². The fourth-order valence-electron chi connectivity index (χ4n) is 5.67. The molecule has 3 nitrogen and oxygen atoms in total. The Labute approximate surface area is 167 Å². The Morgan fingerprint density at radius 1 is 0.655 bits per heavy atom. The molecule has 7 rings (SSSR count). The second-order valence-corrected chi connectivity index (χ2v) is 8.15. The van der Waals surface area contributed by atoms with Crippen LogP contribution in [0.1, 0.15) is 39.7 Å². The first kappa shape index (κ1) is 16.7. The molecule has 142 valence electrons. The third-order valence-electron chi connectivity index (χ3n) is 6.79. The Balaban J connectivity index is 1.47. The number of nitrogens with zero attached hydrogens (tertiary/aromatic N) is 1. The SMILES string of the molecule is O=C1[C@@H]2C3c4ccccc4C(c4ccccc43)[C@@H]2C(=O)N1Cc1ccc(F)cc1. The van der Waals surface area contributed by atoms with Crippen molar-refractivity contribution in [1.82, 2.24) is 4.90 Å². The molecule has 1 heterocycles. The molecular weight excluding hydrogens is 365 g/mol. The molecule has 1 saturated heterocycles. The number of amides is 2. The van der Waals surface area contributed by atoms with Crippen LogP contribution in [0.2, 0.25) is 0 Å². The van der Waals surface area contributed by atoms with E-state index >= 15 is 0 Å². The molecule has 0 N–H and O–H groups in total. The molecule has 0 aromatic heterocycles. The second kappa shape index (κ2) is 5.86. The molecular formula is C25H18FNO2. The van der Waals surface area contributed by atoms with E-state index in [-0.39, 0.29) is 47.8 Å². The van der Waals surface area contributed by atoms with E-state index < -0.39 is 0 Å². The van der Waals surface area contributed by atoms with Crippen LogP contribution in [0.25, 0.3) is 0 Å². The number of likely N-dealkylation sites (tertiary alicyclic amines) is 1. The van der Waals surface area contributed by atoms with E-state index in [4.69, 9.17) is 0 Å². The molecule has 4 heteroatoms. The standard InChI is InChI=1S/C25H18FNO2/c26-15-11-9-14(10-12-15)13-27-24(28)22-20-16-5-1-2-6-17(16)21(23(22)25(27)29)19-8-4-3-7-18(19)20/h1-12,20-23H,13H2/t20?,21?,22-,23+. The second-order valence-electron chi connectivity index (χ2n) is 8.15. The van der Waals surface area contributed by atoms with Crippen LogP contribution in [0.5, 0.6) is 0 Å². The number of hydrogen-bond acceptors (Lipinski definition) is 2. The average Bonchev–Trinajstić information content (AvgIpc) is 3.01. The molecule has 4 aliphatic rings. The van der Waals surface area contributed by atoms with Crippen LogP contribution < -0.4 is 0 Å². The van der Waals surface area contributed by atoms with Gasteiger partial charge in [-0.2, -0.15) is 0 Å². The summed E-state index contributed by atoms with van der Waals surface area (Å²) in [5.41, 5.74) is 5.43. The summed E-state index contributed by atoms with van der Waals surface area (Å²) >= 11 is 0. The van der Waals surface area contributed by atoms with Gasteiger partial charge in [0.15, 0.2) is 0 Å². The molecule has 3 aliphatic carbocycles. The molecule has 0 unspecified atom stereocenters. The van der Waals surface area contributed by atoms with Gasteiger partial charge in [0.2, 0.25) is 11.8 Å². The zero-order valence-corrected chi connectivity index (χ0v) is 15.6. The number of carbonyl (C=O) groups excluding carboxylic acids is 2. The number of hydrogen-bond donors (Lipinski definition) is 0. The van der Waals surface area contributed by atoms with Gasteiger partial charge in [0, 0.05) is 11.8 Å². The highest BCUT2D eigenvalue weighted by molar-refractivity contribution is 6.07. The molecule has 3 aromatic rings. The number of rotatable bonds is 2. The summed E-state index contributed by atoms with van der Waals surface area (Å²) in [7, 11) is 0. The van der Waals surface area contributed by atoms with E-state index in [1.165, 1.54) is 39.3 Å². The number of imide groups is 1. The number of benzene rings is 3. The van der Waals surface area contributed by atoms with Crippen molar-refractivity contribution in [2.24, 2.45) is 11.8 Å². The maximum absolute atomic E-state index is 13.5. The minimum absolute atomic E-state index is 0.0907. The van der Waals surface area contributed by atoms with E-state index in [0.717, 1.165) is 5.56 Å². The topological polar surface area (TPSA) is 37.4 Å². The molecule has 1 aliphatic heterocycles. The average molecular weight is 383 g/mol. The lowest BCUT2D eigenvalue weighted by molar-refractivity contribution is -0.140. The summed E-state index contributed by atoms with van der Waals surface area (Å²) in [4.78, 5) is 28.3. The maximum atomic E-state index is 13.5. The summed E-state index contributed by atoms with van der Waals surface area (Å²) < 4.78 is 13.3. The fraction of sp³-hybridized carbons (Fsp3) is 0.200. The Morgan fingerprint density at radius 2 is 1.07 bits per heavy atom. The van der Waals surface area contributed by atoms with Crippen LogP contribution in [0.15, 0.2) is 72.8 Å². The summed E-state index contributed by atoms with van der Waals surface area (Å²) in [5.74, 6) is -1.45. The Morgan fingerprint density at radius 3 is 1.48 bits per heavy atom. The first-order valence-corrected chi connectivity index (χ1v) is 9.92. The number of carbonyl (C=O) groups is 2. The Hall–Kier alpha value is -3.27. The quantitative estimate of drug-likeness (QED) is 0.622. The van der Waals surface area contributed by atoms with E-state index in [2.05, 4.69) is 24.3 Å². The van der Waals surface area contributed by atoms with Crippen molar-refractivity contribution in [3.63, 3.8) is 0 Å². The summed E-state index contributed by atoms with van der Waals surface area (Å²) in [5, 5.41) is 0. The van der Waals surface area contributed by atoms with Crippen molar-refractivity contribution in [3.05, 3.63) is 106 Å². The Bertz CT molecular complexity index is 1050. The minimum Gasteiger partial charge on any atom is -0.278 e. The monoisotopic (exact) mass is 383 g/mol. The van der Waals surface area contributed by atoms with Crippen LogP contribution in [0.4, 0.5) is 4.39 Å². The van der Waals surface area contributed by atoms with Gasteiger partial charge in [-0.1, -0.05) is 60.7 Å². The summed E-state index contributed by atoms with van der Waals surface area (Å²) in [6, 6.07) is 22.4. The smallest absolute Gasteiger partial charge is 0.234 e. The molecule has 0 saturated carbocycles. The van der Waals surface area contributed by atoms with Gasteiger partial charge in [-0.05, 0) is 39.9 Å². The molecule has 2 amide bonds. The third kappa shape index (κ3) is 2.17. The van der Waals surface area contributed by atoms with Gasteiger partial charge in [0.25, 0.3) is 0 Å². The molecule has 29 heavy (non-hydrogen) atoms. The van der Waals surface area contributed by atoms with Crippen LogP contribution in [-0.4, -0.2) is 16.7 Å². The van der Waals surface area contributed by atoms with Crippen LogP contribution in [0, 0.1) is 17.7 Å². The van der Waals surface area contributed by atoms with E-state index in [9.17, 15) is 14.0 Å². The van der Waals surface area contributed by atoms with Gasteiger partial charge in [0.1, 0.15) is 5.82 Å². The van der Waals surface area contributed by atoms with Gasteiger partial charge in [-0.25, -0.2) is 4.39 Å². The first-order valence-electron chi connectivity index (χ1n) is 9.92. The zero-order chi connectivity index (χ0) is 19.7. The van der Waals surface area contributed by atoms with E-state index in [1.807, 2.05) is 24.3 Å². The predicted molar refractivity (Wildman–Crippen MR) is 106 cm³/mol. The molecule has 0 spiro atoms. The maximum Gasteiger partial charge on any atom is 0.234 e. The Kier molecular flexibility index (Phi) is 3.37. The van der Waals surface area contributed by atoms with E-state index in [1.54, 1.807) is 12.1 Å². The predicted octanol–water partition coefficient (Wildman–Crippen LogP) is 4.22. The minimum atomic E-state index is -0.363. The lowest BCUT2D eigenvalue weighted by Gasteiger charge is -2.45. The van der Waals surface area contributed by atoms with E-state index in [0.29, 0.717) is 0 Å². The highest BCUT2D eigenvalue weighted by Gasteiger charge is 2.61. The third-order valence-corrected chi connectivity index (χ3v) is 6.79. The van der Waals surface area contributed by atoms with Crippen molar-refractivity contribution >= 4 is 11.8 Å². The van der Waals surface area contributed by atoms with Crippen molar-refractivity contribution < 1.29 is 14.0 Å². The van der Waals surface area contributed by atoms with Gasteiger partial charge < -0.3 is 0 Å². The van der Waals surface area contributed by atoms with Crippen molar-refractivity contribution in [3.8, 4) is 0 Å². The largest absolute Gasteiger partial charge is 0.278 e. The summed E-state index contributed by atoms with van der Waals surface area (Å²) in [6.45, 7) is 0.192. The van der Waals surface area contributed by atoms with Gasteiger partial charge in [-0.3, -0.25) is 14.5 Å². The van der Waals surface area contributed by atoms with Crippen LogP contribution in [0.3, 0.4) is 0 Å². The molecule has 1 fully saturated rings. The lowest BCUT2D eigenvalue weighted by atomic mass is 9.55. The summed E-state index contributed by atoms with van der Waals surface area (Å²) in [6.07, 6.45) is 0. The van der Waals surface area contributed by atoms with Crippen molar-refractivity contribution in [2.45, 2.75) is 18.4 Å². The van der Waals surface area contributed by atoms with Gasteiger partial charge in [0.05, 0.1) is 18.4 Å². The molecule has 3 aromatic carbocycles. The fourth-order valence-corrected chi connectivity index (χ4v) is 5.67. The van der Waals surface area contributed by atoms with Crippen LogP contribution >= 0.6 is 0 Å². The molecule has 0 radical (unpaired) electrons. The van der Waals surface area contributed by atoms with Crippen molar-refractivity contribution in [1.29, 1.82) is 0 Å². The highest BCUT2D eigenvalue weighted by atomic mass is 19.1. The number of halogens is 1. The normalized spacial score (nSPS) is 26.3. The van der Waals surface area contributed by atoms with Gasteiger partial charge in [-0.15, -0.1) is 0 Å². The molecule has 2 bridgehead atoms. The first-order chi connectivity index (χ1) is 14.1. The lowest BCUT2D eigenvalue weighted by Crippen LogP contribution is -2.41. The zero-order valence-electron chi connectivity index (χ0n) is 15.6. The highest BCUT2D eigenvalue weighted by Crippen LogP contribution is 2.61. The van der Waals surface area contributed by atoms with Crippen molar-refractivity contribution in [2.75, 3.05) is 0 Å². The molecule has 2 atom stereocenters.